The van der Waals surface area contributed by atoms with Gasteiger partial charge in [-0.25, -0.2) is 4.79 Å². The summed E-state index contributed by atoms with van der Waals surface area (Å²) in [6, 6.07) is 8.97. The molecule has 1 aromatic carbocycles. The Labute approximate surface area is 92.0 Å². The highest BCUT2D eigenvalue weighted by Gasteiger charge is 2.04. The Bertz CT molecular complexity index is 429. The van der Waals surface area contributed by atoms with Gasteiger partial charge in [0.05, 0.1) is 0 Å². The maximum atomic E-state index is 10.6. The fraction of sp³-hybridized carbons (Fsp3) is 0.0909. The van der Waals surface area contributed by atoms with Gasteiger partial charge in [-0.15, -0.1) is 11.8 Å². The Hall–Kier alpha value is -1.73. The van der Waals surface area contributed by atoms with E-state index in [1.807, 2.05) is 18.4 Å². The number of carboxylic acid groups (broad SMARTS) is 1. The van der Waals surface area contributed by atoms with Crippen molar-refractivity contribution in [1.82, 2.24) is 0 Å². The zero-order valence-electron chi connectivity index (χ0n) is 8.10. The molecule has 76 valence electrons. The summed E-state index contributed by atoms with van der Waals surface area (Å²) < 4.78 is 0. The van der Waals surface area contributed by atoms with Crippen molar-refractivity contribution < 1.29 is 9.90 Å². The van der Waals surface area contributed by atoms with E-state index in [9.17, 15) is 4.79 Å². The molecule has 0 aliphatic rings. The van der Waals surface area contributed by atoms with Crippen LogP contribution in [0.3, 0.4) is 0 Å². The van der Waals surface area contributed by atoms with E-state index in [2.05, 4.69) is 0 Å². The van der Waals surface area contributed by atoms with Crippen LogP contribution in [0.25, 0.3) is 6.08 Å². The van der Waals surface area contributed by atoms with E-state index in [-0.39, 0.29) is 5.57 Å². The SMILES string of the molecule is CSc1ccc(C=C(C#N)C(=O)O)cc1. The highest BCUT2D eigenvalue weighted by Crippen LogP contribution is 2.16. The predicted octanol–water partition coefficient (Wildman–Crippen LogP) is 2.40. The number of aliphatic carboxylic acids is 1. The van der Waals surface area contributed by atoms with E-state index >= 15 is 0 Å². The van der Waals surface area contributed by atoms with E-state index in [1.54, 1.807) is 30.0 Å². The first-order valence-electron chi connectivity index (χ1n) is 4.16. The van der Waals surface area contributed by atoms with Gasteiger partial charge in [0.25, 0.3) is 0 Å². The average Bonchev–Trinajstić information content (AvgIpc) is 2.26. The molecule has 0 radical (unpaired) electrons. The molecule has 0 amide bonds. The molecule has 0 aromatic heterocycles. The van der Waals surface area contributed by atoms with Crippen molar-refractivity contribution in [2.45, 2.75) is 4.90 Å². The van der Waals surface area contributed by atoms with Gasteiger partial charge >= 0.3 is 5.97 Å². The molecule has 1 N–H and O–H groups in total. The fourth-order valence-electron chi connectivity index (χ4n) is 1.01. The minimum Gasteiger partial charge on any atom is -0.477 e. The van der Waals surface area contributed by atoms with Crippen LogP contribution in [0.2, 0.25) is 0 Å². The van der Waals surface area contributed by atoms with Crippen LogP contribution in [0.15, 0.2) is 34.7 Å². The molecule has 0 bridgehead atoms. The fourth-order valence-corrected chi connectivity index (χ4v) is 1.42. The molecule has 0 saturated heterocycles. The quantitative estimate of drug-likeness (QED) is 0.481. The normalized spacial score (nSPS) is 10.8. The summed E-state index contributed by atoms with van der Waals surface area (Å²) in [6.45, 7) is 0. The van der Waals surface area contributed by atoms with Crippen molar-refractivity contribution in [3.63, 3.8) is 0 Å². The van der Waals surface area contributed by atoms with Crippen LogP contribution in [0, 0.1) is 11.3 Å². The number of benzene rings is 1. The Balaban J connectivity index is 2.98. The number of hydrogen-bond donors (Lipinski definition) is 1. The van der Waals surface area contributed by atoms with E-state index in [0.717, 1.165) is 4.90 Å². The maximum Gasteiger partial charge on any atom is 0.346 e. The first kappa shape index (κ1) is 11.3. The molecule has 1 aromatic rings. The van der Waals surface area contributed by atoms with Crippen molar-refractivity contribution >= 4 is 23.8 Å². The largest absolute Gasteiger partial charge is 0.477 e. The predicted molar refractivity (Wildman–Crippen MR) is 59.4 cm³/mol. The molecule has 0 saturated carbocycles. The van der Waals surface area contributed by atoms with E-state index < -0.39 is 5.97 Å². The third-order valence-electron chi connectivity index (χ3n) is 1.78. The third kappa shape index (κ3) is 3.15. The number of thioether (sulfide) groups is 1. The van der Waals surface area contributed by atoms with Crippen LogP contribution in [-0.2, 0) is 4.79 Å². The monoisotopic (exact) mass is 219 g/mol. The standard InChI is InChI=1S/C11H9NO2S/c1-15-10-4-2-8(3-5-10)6-9(7-12)11(13)14/h2-6H,1H3,(H,13,14). The molecular weight excluding hydrogens is 210 g/mol. The summed E-state index contributed by atoms with van der Waals surface area (Å²) in [4.78, 5) is 11.7. The van der Waals surface area contributed by atoms with E-state index in [0.29, 0.717) is 5.56 Å². The average molecular weight is 219 g/mol. The number of hydrogen-bond acceptors (Lipinski definition) is 3. The van der Waals surface area contributed by atoms with Crippen LogP contribution in [0.5, 0.6) is 0 Å². The van der Waals surface area contributed by atoms with Crippen LogP contribution in [0.4, 0.5) is 0 Å². The lowest BCUT2D eigenvalue weighted by Gasteiger charge is -1.97. The van der Waals surface area contributed by atoms with Crippen molar-refractivity contribution in [2.75, 3.05) is 6.26 Å². The lowest BCUT2D eigenvalue weighted by molar-refractivity contribution is -0.132. The second-order valence-corrected chi connectivity index (χ2v) is 3.63. The minimum absolute atomic E-state index is 0.257. The second kappa shape index (κ2) is 5.23. The second-order valence-electron chi connectivity index (χ2n) is 2.75. The van der Waals surface area contributed by atoms with Gasteiger partial charge in [0.15, 0.2) is 0 Å². The van der Waals surface area contributed by atoms with Crippen LogP contribution >= 0.6 is 11.8 Å². The van der Waals surface area contributed by atoms with E-state index in [1.165, 1.54) is 6.08 Å². The van der Waals surface area contributed by atoms with Gasteiger partial charge in [0.1, 0.15) is 11.6 Å². The molecular formula is C11H9NO2S. The summed E-state index contributed by atoms with van der Waals surface area (Å²) in [5, 5.41) is 17.2. The van der Waals surface area contributed by atoms with Crippen LogP contribution < -0.4 is 0 Å². The summed E-state index contributed by atoms with van der Waals surface area (Å²) in [7, 11) is 0. The molecule has 0 aliphatic carbocycles. The molecule has 15 heavy (non-hydrogen) atoms. The Morgan fingerprint density at radius 1 is 1.47 bits per heavy atom. The zero-order chi connectivity index (χ0) is 11.3. The van der Waals surface area contributed by atoms with Crippen LogP contribution in [0.1, 0.15) is 5.56 Å². The number of nitriles is 1. The van der Waals surface area contributed by atoms with Gasteiger partial charge in [-0.2, -0.15) is 5.26 Å². The van der Waals surface area contributed by atoms with Crippen molar-refractivity contribution in [3.05, 3.63) is 35.4 Å². The molecule has 4 heteroatoms. The summed E-state index contributed by atoms with van der Waals surface area (Å²) in [6.07, 6.45) is 3.31. The van der Waals surface area contributed by atoms with Crippen molar-refractivity contribution in [2.24, 2.45) is 0 Å². The Kier molecular flexibility index (Phi) is 3.95. The molecule has 0 aliphatic heterocycles. The number of carboxylic acids is 1. The zero-order valence-corrected chi connectivity index (χ0v) is 8.91. The third-order valence-corrected chi connectivity index (χ3v) is 2.52. The lowest BCUT2D eigenvalue weighted by atomic mass is 10.1. The minimum atomic E-state index is -1.20. The first-order valence-corrected chi connectivity index (χ1v) is 5.39. The molecule has 0 atom stereocenters. The molecule has 0 spiro atoms. The summed E-state index contributed by atoms with van der Waals surface area (Å²) in [5.41, 5.74) is 0.457. The van der Waals surface area contributed by atoms with Gasteiger partial charge in [-0.05, 0) is 30.0 Å². The molecule has 0 fully saturated rings. The van der Waals surface area contributed by atoms with E-state index in [4.69, 9.17) is 10.4 Å². The molecule has 1 rings (SSSR count). The van der Waals surface area contributed by atoms with Gasteiger partial charge in [-0.1, -0.05) is 12.1 Å². The Morgan fingerprint density at radius 3 is 2.47 bits per heavy atom. The smallest absolute Gasteiger partial charge is 0.346 e. The maximum absolute atomic E-state index is 10.6. The Morgan fingerprint density at radius 2 is 2.07 bits per heavy atom. The highest BCUT2D eigenvalue weighted by molar-refractivity contribution is 7.98. The summed E-state index contributed by atoms with van der Waals surface area (Å²) in [5.74, 6) is -1.20. The first-order chi connectivity index (χ1) is 7.17. The number of nitrogens with zero attached hydrogens (tertiary/aromatic N) is 1. The van der Waals surface area contributed by atoms with Crippen molar-refractivity contribution in [3.8, 4) is 6.07 Å². The van der Waals surface area contributed by atoms with Crippen LogP contribution in [-0.4, -0.2) is 17.3 Å². The summed E-state index contributed by atoms with van der Waals surface area (Å²) >= 11 is 1.61. The van der Waals surface area contributed by atoms with Gasteiger partial charge < -0.3 is 5.11 Å². The van der Waals surface area contributed by atoms with Gasteiger partial charge in [0, 0.05) is 4.90 Å². The molecule has 0 unspecified atom stereocenters. The van der Waals surface area contributed by atoms with Crippen molar-refractivity contribution in [1.29, 1.82) is 5.26 Å². The molecule has 3 nitrogen and oxygen atoms in total. The van der Waals surface area contributed by atoms with Gasteiger partial charge in [-0.3, -0.25) is 0 Å². The number of rotatable bonds is 3. The highest BCUT2D eigenvalue weighted by atomic mass is 32.2. The lowest BCUT2D eigenvalue weighted by Crippen LogP contribution is -1.97. The number of carbonyl (C=O) groups is 1. The topological polar surface area (TPSA) is 61.1 Å². The molecule has 0 heterocycles. The van der Waals surface area contributed by atoms with Gasteiger partial charge in [0.2, 0.25) is 0 Å².